The van der Waals surface area contributed by atoms with Crippen molar-refractivity contribution in [1.82, 2.24) is 9.97 Å². The van der Waals surface area contributed by atoms with Crippen molar-refractivity contribution in [3.63, 3.8) is 0 Å². The van der Waals surface area contributed by atoms with E-state index in [-0.39, 0.29) is 17.6 Å². The Bertz CT molecular complexity index is 563. The highest BCUT2D eigenvalue weighted by atomic mass is 79.9. The molecule has 0 aliphatic heterocycles. The van der Waals surface area contributed by atoms with Crippen molar-refractivity contribution < 1.29 is 4.79 Å². The van der Waals surface area contributed by atoms with Crippen LogP contribution in [0.15, 0.2) is 41.0 Å². The Morgan fingerprint density at radius 3 is 2.78 bits per heavy atom. The van der Waals surface area contributed by atoms with Gasteiger partial charge in [-0.25, -0.2) is 4.98 Å². The largest absolute Gasteiger partial charge is 0.362 e. The van der Waals surface area contributed by atoms with E-state index in [0.29, 0.717) is 15.9 Å². The van der Waals surface area contributed by atoms with Crippen LogP contribution in [-0.4, -0.2) is 22.3 Å². The summed E-state index contributed by atoms with van der Waals surface area (Å²) in [5.41, 5.74) is 0.654. The van der Waals surface area contributed by atoms with Crippen molar-refractivity contribution in [2.24, 2.45) is 0 Å². The van der Waals surface area contributed by atoms with Gasteiger partial charge >= 0.3 is 0 Å². The Kier molecular flexibility index (Phi) is 4.28. The summed E-state index contributed by atoms with van der Waals surface area (Å²) < 4.78 is 0.660. The summed E-state index contributed by atoms with van der Waals surface area (Å²) >= 11 is 8.96. The highest BCUT2D eigenvalue weighted by Crippen LogP contribution is 2.19. The average molecular weight is 327 g/mol. The topological polar surface area (TPSA) is 54.9 Å². The molecule has 0 spiro atoms. The molecule has 1 aromatic carbocycles. The Morgan fingerprint density at radius 1 is 1.33 bits per heavy atom. The number of halogens is 2. The summed E-state index contributed by atoms with van der Waals surface area (Å²) in [6, 6.07) is 9.05. The van der Waals surface area contributed by atoms with Crippen LogP contribution in [0.2, 0.25) is 5.28 Å². The maximum atomic E-state index is 11.9. The molecule has 2 rings (SSSR count). The molecule has 0 saturated carbocycles. The number of nitrogens with one attached hydrogen (secondary N) is 1. The fourth-order valence-corrected chi connectivity index (χ4v) is 1.82. The van der Waals surface area contributed by atoms with Gasteiger partial charge in [0.15, 0.2) is 5.78 Å². The van der Waals surface area contributed by atoms with Gasteiger partial charge in [0, 0.05) is 11.8 Å². The number of aromatic nitrogens is 2. The van der Waals surface area contributed by atoms with Crippen LogP contribution in [0.4, 0.5) is 5.82 Å². The number of hydrogen-bond donors (Lipinski definition) is 1. The lowest BCUT2D eigenvalue weighted by Crippen LogP contribution is -2.15. The number of ketones is 1. The fourth-order valence-electron chi connectivity index (χ4n) is 1.36. The van der Waals surface area contributed by atoms with E-state index in [9.17, 15) is 4.79 Å². The predicted molar refractivity (Wildman–Crippen MR) is 74.0 cm³/mol. The Balaban J connectivity index is 2.04. The summed E-state index contributed by atoms with van der Waals surface area (Å²) in [5, 5.41) is 3.05. The molecule has 0 saturated heterocycles. The number of carbonyl (C=O) groups excluding carboxylic acids is 1. The monoisotopic (exact) mass is 325 g/mol. The summed E-state index contributed by atoms with van der Waals surface area (Å²) in [6.45, 7) is 0.149. The molecule has 0 fully saturated rings. The van der Waals surface area contributed by atoms with Gasteiger partial charge in [-0.1, -0.05) is 30.3 Å². The number of nitrogens with zero attached hydrogens (tertiary/aromatic N) is 2. The van der Waals surface area contributed by atoms with E-state index in [1.165, 1.54) is 6.20 Å². The van der Waals surface area contributed by atoms with Crippen molar-refractivity contribution in [3.05, 3.63) is 51.8 Å². The van der Waals surface area contributed by atoms with Gasteiger partial charge < -0.3 is 5.32 Å². The van der Waals surface area contributed by atoms with Gasteiger partial charge in [-0.05, 0) is 27.5 Å². The quantitative estimate of drug-likeness (QED) is 0.692. The highest BCUT2D eigenvalue weighted by molar-refractivity contribution is 9.10. The molecule has 4 nitrogen and oxygen atoms in total. The van der Waals surface area contributed by atoms with Crippen molar-refractivity contribution in [2.45, 2.75) is 0 Å². The third-order valence-electron chi connectivity index (χ3n) is 2.23. The molecule has 1 heterocycles. The van der Waals surface area contributed by atoms with Crippen LogP contribution in [0.3, 0.4) is 0 Å². The molecular formula is C12H9BrClN3O. The molecule has 0 atom stereocenters. The second kappa shape index (κ2) is 5.93. The molecule has 0 aliphatic carbocycles. The SMILES string of the molecule is O=C(CNc1nc(Cl)ncc1Br)c1ccccc1. The molecule has 92 valence electrons. The van der Waals surface area contributed by atoms with Crippen molar-refractivity contribution in [3.8, 4) is 0 Å². The lowest BCUT2D eigenvalue weighted by molar-refractivity contribution is 0.101. The second-order valence-corrected chi connectivity index (χ2v) is 4.67. The first-order valence-corrected chi connectivity index (χ1v) is 6.34. The molecule has 1 aromatic heterocycles. The first-order chi connectivity index (χ1) is 8.66. The first-order valence-electron chi connectivity index (χ1n) is 5.17. The number of hydrogen-bond acceptors (Lipinski definition) is 4. The zero-order valence-electron chi connectivity index (χ0n) is 9.23. The number of Topliss-reactive ketones (excluding diaryl/α,β-unsaturated/α-hetero) is 1. The van der Waals surface area contributed by atoms with Crippen LogP contribution >= 0.6 is 27.5 Å². The van der Waals surface area contributed by atoms with E-state index >= 15 is 0 Å². The van der Waals surface area contributed by atoms with E-state index in [2.05, 4.69) is 31.2 Å². The average Bonchev–Trinajstić information content (AvgIpc) is 2.40. The molecule has 0 radical (unpaired) electrons. The molecule has 0 aliphatic rings. The number of anilines is 1. The number of benzene rings is 1. The predicted octanol–water partition coefficient (Wildman–Crippen LogP) is 3.19. The van der Waals surface area contributed by atoms with E-state index in [1.807, 2.05) is 18.2 Å². The van der Waals surface area contributed by atoms with Crippen LogP contribution < -0.4 is 5.32 Å². The van der Waals surface area contributed by atoms with E-state index < -0.39 is 0 Å². The maximum Gasteiger partial charge on any atom is 0.224 e. The smallest absolute Gasteiger partial charge is 0.224 e. The van der Waals surface area contributed by atoms with Gasteiger partial charge in [-0.3, -0.25) is 4.79 Å². The molecule has 0 bridgehead atoms. The van der Waals surface area contributed by atoms with Gasteiger partial charge in [0.1, 0.15) is 5.82 Å². The number of carbonyl (C=O) groups is 1. The highest BCUT2D eigenvalue weighted by Gasteiger charge is 2.08. The first kappa shape index (κ1) is 13.0. The van der Waals surface area contributed by atoms with Gasteiger partial charge in [0.25, 0.3) is 0 Å². The molecule has 0 amide bonds. The lowest BCUT2D eigenvalue weighted by atomic mass is 10.1. The normalized spacial score (nSPS) is 10.1. The molecule has 1 N–H and O–H groups in total. The molecule has 2 aromatic rings. The van der Waals surface area contributed by atoms with Gasteiger partial charge in [0.05, 0.1) is 11.0 Å². The zero-order chi connectivity index (χ0) is 13.0. The number of rotatable bonds is 4. The molecule has 18 heavy (non-hydrogen) atoms. The van der Waals surface area contributed by atoms with E-state index in [4.69, 9.17) is 11.6 Å². The van der Waals surface area contributed by atoms with Crippen LogP contribution in [0.25, 0.3) is 0 Å². The minimum atomic E-state index is -0.0164. The van der Waals surface area contributed by atoms with Gasteiger partial charge in [-0.2, -0.15) is 4.98 Å². The Hall–Kier alpha value is -1.46. The zero-order valence-corrected chi connectivity index (χ0v) is 11.6. The van der Waals surface area contributed by atoms with Crippen molar-refractivity contribution in [2.75, 3.05) is 11.9 Å². The van der Waals surface area contributed by atoms with E-state index in [1.54, 1.807) is 12.1 Å². The minimum absolute atomic E-state index is 0.0164. The van der Waals surface area contributed by atoms with Crippen molar-refractivity contribution >= 4 is 39.1 Å². The maximum absolute atomic E-state index is 11.9. The Labute approximate surface area is 118 Å². The second-order valence-electron chi connectivity index (χ2n) is 3.48. The summed E-state index contributed by atoms with van der Waals surface area (Å²) in [7, 11) is 0. The third-order valence-corrected chi connectivity index (χ3v) is 2.99. The van der Waals surface area contributed by atoms with Gasteiger partial charge in [-0.15, -0.1) is 0 Å². The van der Waals surface area contributed by atoms with Crippen molar-refractivity contribution in [1.29, 1.82) is 0 Å². The lowest BCUT2D eigenvalue weighted by Gasteiger charge is -2.06. The molecule has 6 heteroatoms. The summed E-state index contributed by atoms with van der Waals surface area (Å²) in [5.74, 6) is 0.483. The molecule has 0 unspecified atom stereocenters. The summed E-state index contributed by atoms with van der Waals surface area (Å²) in [4.78, 5) is 19.6. The van der Waals surface area contributed by atoms with Crippen LogP contribution in [-0.2, 0) is 0 Å². The standard InChI is InChI=1S/C12H9BrClN3O/c13-9-6-16-12(14)17-11(9)15-7-10(18)8-4-2-1-3-5-8/h1-6H,7H2,(H,15,16,17). The fraction of sp³-hybridized carbons (Fsp3) is 0.0833. The molecular weight excluding hydrogens is 318 g/mol. The van der Waals surface area contributed by atoms with Gasteiger partial charge in [0.2, 0.25) is 5.28 Å². The van der Waals surface area contributed by atoms with Crippen LogP contribution in [0, 0.1) is 0 Å². The third kappa shape index (κ3) is 3.27. The summed E-state index contributed by atoms with van der Waals surface area (Å²) in [6.07, 6.45) is 1.53. The van der Waals surface area contributed by atoms with E-state index in [0.717, 1.165) is 0 Å². The minimum Gasteiger partial charge on any atom is -0.362 e. The van der Waals surface area contributed by atoms with Crippen LogP contribution in [0.5, 0.6) is 0 Å². The van der Waals surface area contributed by atoms with Crippen LogP contribution in [0.1, 0.15) is 10.4 Å². The Morgan fingerprint density at radius 2 is 2.06 bits per heavy atom.